The number of allylic oxidation sites excluding steroid dienone is 3. The number of nitrogens with one attached hydrogen (secondary N) is 1. The third-order valence-electron chi connectivity index (χ3n) is 10.5. The van der Waals surface area contributed by atoms with Crippen molar-refractivity contribution in [1.82, 2.24) is 14.6 Å². The molecule has 0 spiro atoms. The Hall–Kier alpha value is -3.93. The first kappa shape index (κ1) is 34.9. The number of amides is 3. The van der Waals surface area contributed by atoms with Gasteiger partial charge in [0, 0.05) is 24.4 Å². The van der Waals surface area contributed by atoms with E-state index in [4.69, 9.17) is 15.2 Å². The second-order valence-corrected chi connectivity index (χ2v) is 16.7. The highest BCUT2D eigenvalue weighted by molar-refractivity contribution is 7.90. The van der Waals surface area contributed by atoms with Crippen LogP contribution < -0.4 is 19.9 Å². The first-order valence-electron chi connectivity index (χ1n) is 17.5. The molecule has 2 heterocycles. The molecule has 4 atom stereocenters. The molecular weight excluding hydrogens is 644 g/mol. The van der Waals surface area contributed by atoms with Crippen LogP contribution >= 0.6 is 0 Å². The molecule has 4 fully saturated rings. The van der Waals surface area contributed by atoms with Crippen molar-refractivity contribution in [2.45, 2.75) is 102 Å². The number of carbonyl (C=O) groups excluding carboxylic acids is 3. The number of sulfonamides is 1. The van der Waals surface area contributed by atoms with Gasteiger partial charge in [0.25, 0.3) is 0 Å². The molecule has 0 bridgehead atoms. The number of primary amides is 1. The van der Waals surface area contributed by atoms with E-state index in [2.05, 4.69) is 23.2 Å². The van der Waals surface area contributed by atoms with Gasteiger partial charge in [-0.2, -0.15) is 0 Å². The van der Waals surface area contributed by atoms with Crippen molar-refractivity contribution in [2.24, 2.45) is 22.5 Å². The van der Waals surface area contributed by atoms with Gasteiger partial charge in [0.1, 0.15) is 17.9 Å². The maximum Gasteiger partial charge on any atom is 0.240 e. The Balaban J connectivity index is 0.981. The molecular formula is C37H48N4O7S. The van der Waals surface area contributed by atoms with Gasteiger partial charge < -0.3 is 20.1 Å². The number of nitrogens with zero attached hydrogens (tertiary/aromatic N) is 2. The highest BCUT2D eigenvalue weighted by atomic mass is 32.2. The molecule has 3 amide bonds. The summed E-state index contributed by atoms with van der Waals surface area (Å²) in [4.78, 5) is 44.7. The van der Waals surface area contributed by atoms with Crippen molar-refractivity contribution in [2.75, 3.05) is 13.2 Å². The van der Waals surface area contributed by atoms with Crippen molar-refractivity contribution in [1.29, 1.82) is 0 Å². The summed E-state index contributed by atoms with van der Waals surface area (Å²) in [5.74, 6) is 0.186. The third-order valence-corrected chi connectivity index (χ3v) is 12.3. The maximum absolute atomic E-state index is 13.6. The van der Waals surface area contributed by atoms with Crippen LogP contribution in [0.2, 0.25) is 0 Å². The van der Waals surface area contributed by atoms with Crippen molar-refractivity contribution in [3.05, 3.63) is 54.8 Å². The van der Waals surface area contributed by atoms with Crippen molar-refractivity contribution in [3.63, 3.8) is 0 Å². The van der Waals surface area contributed by atoms with Crippen LogP contribution in [0.4, 0.5) is 0 Å². The molecule has 11 nitrogen and oxygen atoms in total. The van der Waals surface area contributed by atoms with E-state index in [9.17, 15) is 22.8 Å². The molecule has 264 valence electrons. The molecule has 1 aromatic heterocycles. The summed E-state index contributed by atoms with van der Waals surface area (Å²) < 4.78 is 38.7. The molecule has 0 unspecified atom stereocenters. The first-order chi connectivity index (χ1) is 23.3. The fraction of sp³-hybridized carbons (Fsp3) is 0.568. The minimum Gasteiger partial charge on any atom is -0.494 e. The van der Waals surface area contributed by atoms with Gasteiger partial charge in [0.2, 0.25) is 33.6 Å². The van der Waals surface area contributed by atoms with E-state index < -0.39 is 44.6 Å². The number of fused-ring (bicyclic) bond motifs is 1. The largest absolute Gasteiger partial charge is 0.494 e. The van der Waals surface area contributed by atoms with E-state index in [1.165, 1.54) is 0 Å². The van der Waals surface area contributed by atoms with Gasteiger partial charge in [0.05, 0.1) is 23.8 Å². The number of pyridine rings is 1. The lowest BCUT2D eigenvalue weighted by Crippen LogP contribution is -2.44. The lowest BCUT2D eigenvalue weighted by atomic mass is 9.91. The van der Waals surface area contributed by atoms with Gasteiger partial charge in [-0.3, -0.25) is 19.1 Å². The van der Waals surface area contributed by atoms with E-state index in [1.807, 2.05) is 43.3 Å². The van der Waals surface area contributed by atoms with E-state index in [-0.39, 0.29) is 23.8 Å². The Morgan fingerprint density at radius 1 is 1.18 bits per heavy atom. The summed E-state index contributed by atoms with van der Waals surface area (Å²) in [5, 5.41) is 1.33. The monoisotopic (exact) mass is 692 g/mol. The molecule has 1 aromatic carbocycles. The molecule has 1 aliphatic heterocycles. The fourth-order valence-electron chi connectivity index (χ4n) is 6.95. The van der Waals surface area contributed by atoms with Gasteiger partial charge >= 0.3 is 0 Å². The van der Waals surface area contributed by atoms with Crippen molar-refractivity contribution in [3.8, 4) is 11.6 Å². The lowest BCUT2D eigenvalue weighted by Gasteiger charge is -2.25. The van der Waals surface area contributed by atoms with Crippen LogP contribution in [0.3, 0.4) is 0 Å². The molecule has 6 rings (SSSR count). The van der Waals surface area contributed by atoms with E-state index in [0.717, 1.165) is 60.6 Å². The number of likely N-dealkylation sites (tertiary alicyclic amines) is 1. The van der Waals surface area contributed by atoms with Crippen LogP contribution in [-0.2, 0) is 24.4 Å². The predicted molar refractivity (Wildman–Crippen MR) is 186 cm³/mol. The molecule has 3 aliphatic carbocycles. The molecule has 4 aliphatic rings. The first-order valence-corrected chi connectivity index (χ1v) is 19.0. The van der Waals surface area contributed by atoms with Crippen LogP contribution in [-0.4, -0.2) is 66.6 Å². The zero-order chi connectivity index (χ0) is 35.0. The minimum absolute atomic E-state index is 0.0171. The van der Waals surface area contributed by atoms with Gasteiger partial charge in [-0.05, 0) is 98.8 Å². The Kier molecular flexibility index (Phi) is 9.81. The Labute approximate surface area is 288 Å². The predicted octanol–water partition coefficient (Wildman–Crippen LogP) is 4.94. The smallest absolute Gasteiger partial charge is 0.240 e. The third kappa shape index (κ3) is 8.11. The highest BCUT2D eigenvalue weighted by Crippen LogP contribution is 2.55. The second kappa shape index (κ2) is 13.8. The topological polar surface area (TPSA) is 158 Å². The lowest BCUT2D eigenvalue weighted by molar-refractivity contribution is -0.138. The van der Waals surface area contributed by atoms with Crippen molar-refractivity contribution >= 4 is 38.5 Å². The van der Waals surface area contributed by atoms with Gasteiger partial charge in [-0.1, -0.05) is 38.2 Å². The zero-order valence-electron chi connectivity index (χ0n) is 28.5. The quantitative estimate of drug-likeness (QED) is 0.221. The number of hydrogen-bond acceptors (Lipinski definition) is 8. The summed E-state index contributed by atoms with van der Waals surface area (Å²) in [6, 6.07) is 6.91. The Morgan fingerprint density at radius 2 is 1.96 bits per heavy atom. The number of nitrogens with two attached hydrogens (primary N) is 1. The maximum atomic E-state index is 13.6. The van der Waals surface area contributed by atoms with Crippen LogP contribution in [0, 0.1) is 16.7 Å². The average molecular weight is 693 g/mol. The number of carbonyl (C=O) groups is 3. The van der Waals surface area contributed by atoms with Crippen LogP contribution in [0.5, 0.6) is 11.6 Å². The van der Waals surface area contributed by atoms with Crippen LogP contribution in [0.1, 0.15) is 84.5 Å². The molecule has 3 saturated carbocycles. The standard InChI is InChI=1S/C37H48N4O7S/c1-4-17-47-27-9-12-30-25(18-27)13-16-39-34(30)48-28-19-31(33(38)43)41(23-28)32(42)22-37(14-15-37)20-24(2)7-5-6-8-26-21-36(26,3)35(44)40-49(45,46)29-10-11-29/h6,8-9,12-13,16,18,26,28-29,31H,2,4-5,7,10-11,14-15,17,19-23H2,1,3H3,(H2,38,43)(H,40,44)/b8-6-/t26-,28-,31+,36+/m1/s1. The minimum atomic E-state index is -3.55. The SMILES string of the molecule is C=C(CC/C=C\[C@@H]1C[C@]1(C)C(=O)NS(=O)(=O)C1CC1)CC1(CC(=O)N2C[C@H](Oc3nccc4cc(OCCC)ccc34)C[C@H]2C(N)=O)CC1. The number of benzene rings is 1. The average Bonchev–Trinajstić information content (AvgIpc) is 4.00. The summed E-state index contributed by atoms with van der Waals surface area (Å²) in [7, 11) is -3.55. The van der Waals surface area contributed by atoms with Gasteiger partial charge in [0.15, 0.2) is 0 Å². The van der Waals surface area contributed by atoms with E-state index in [0.29, 0.717) is 44.6 Å². The van der Waals surface area contributed by atoms with Gasteiger partial charge in [-0.25, -0.2) is 13.4 Å². The summed E-state index contributed by atoms with van der Waals surface area (Å²) >= 11 is 0. The summed E-state index contributed by atoms with van der Waals surface area (Å²) in [5.41, 5.74) is 5.98. The molecule has 49 heavy (non-hydrogen) atoms. The molecule has 2 aromatic rings. The number of hydrogen-bond donors (Lipinski definition) is 2. The molecule has 1 saturated heterocycles. The summed E-state index contributed by atoms with van der Waals surface area (Å²) in [6.45, 7) is 9.04. The fourth-order valence-corrected chi connectivity index (χ4v) is 8.36. The van der Waals surface area contributed by atoms with E-state index >= 15 is 0 Å². The molecule has 0 radical (unpaired) electrons. The number of rotatable bonds is 17. The normalized spacial score (nSPS) is 25.7. The molecule has 3 N–H and O–H groups in total. The zero-order valence-corrected chi connectivity index (χ0v) is 29.3. The summed E-state index contributed by atoms with van der Waals surface area (Å²) in [6.07, 6.45) is 12.8. The van der Waals surface area contributed by atoms with Crippen molar-refractivity contribution < 1.29 is 32.3 Å². The number of aromatic nitrogens is 1. The molecule has 12 heteroatoms. The van der Waals surface area contributed by atoms with Crippen LogP contribution in [0.15, 0.2) is 54.8 Å². The van der Waals surface area contributed by atoms with E-state index in [1.54, 1.807) is 11.1 Å². The van der Waals surface area contributed by atoms with Gasteiger partial charge in [-0.15, -0.1) is 0 Å². The number of ether oxygens (including phenoxy) is 2. The second-order valence-electron chi connectivity index (χ2n) is 14.8. The highest BCUT2D eigenvalue weighted by Gasteiger charge is 2.56. The van der Waals surface area contributed by atoms with Crippen LogP contribution in [0.25, 0.3) is 10.8 Å². The Bertz CT molecular complexity index is 1770. The Morgan fingerprint density at radius 3 is 2.65 bits per heavy atom.